The van der Waals surface area contributed by atoms with Gasteiger partial charge >= 0.3 is 0 Å². The third kappa shape index (κ3) is 4.13. The van der Waals surface area contributed by atoms with E-state index in [-0.39, 0.29) is 25.1 Å². The maximum absolute atomic E-state index is 12.6. The lowest BCUT2D eigenvalue weighted by Gasteiger charge is -2.35. The van der Waals surface area contributed by atoms with Crippen molar-refractivity contribution in [1.29, 1.82) is 0 Å². The summed E-state index contributed by atoms with van der Waals surface area (Å²) in [7, 11) is -2.16. The highest BCUT2D eigenvalue weighted by molar-refractivity contribution is 7.86. The first-order valence-corrected chi connectivity index (χ1v) is 8.68. The van der Waals surface area contributed by atoms with Gasteiger partial charge in [0.1, 0.15) is 6.04 Å². The van der Waals surface area contributed by atoms with Crippen LogP contribution in [0, 0.1) is 0 Å². The van der Waals surface area contributed by atoms with Gasteiger partial charge in [-0.25, -0.2) is 0 Å². The standard InChI is InChI=1S/C12H24N4O4S/c1-15(6-2-5-13)21(18,19)16-7-8-20-9-11(16)12(17)14-10-3-4-10/h10-11H,2-9,13H2,1H3,(H,14,17). The molecule has 122 valence electrons. The van der Waals surface area contributed by atoms with E-state index in [4.69, 9.17) is 10.5 Å². The number of carbonyl (C=O) groups is 1. The summed E-state index contributed by atoms with van der Waals surface area (Å²) in [6.07, 6.45) is 2.50. The first-order chi connectivity index (χ1) is 9.96. The zero-order valence-electron chi connectivity index (χ0n) is 12.3. The molecule has 0 aromatic rings. The molecule has 2 rings (SSSR count). The van der Waals surface area contributed by atoms with Crippen LogP contribution < -0.4 is 11.1 Å². The van der Waals surface area contributed by atoms with Crippen LogP contribution in [0.5, 0.6) is 0 Å². The lowest BCUT2D eigenvalue weighted by atomic mass is 10.2. The van der Waals surface area contributed by atoms with Gasteiger partial charge in [-0.2, -0.15) is 17.0 Å². The minimum Gasteiger partial charge on any atom is -0.378 e. The van der Waals surface area contributed by atoms with Gasteiger partial charge < -0.3 is 15.8 Å². The van der Waals surface area contributed by atoms with Crippen LogP contribution in [-0.4, -0.2) is 74.9 Å². The number of carbonyl (C=O) groups excluding carboxylic acids is 1. The van der Waals surface area contributed by atoms with E-state index in [0.717, 1.165) is 12.8 Å². The lowest BCUT2D eigenvalue weighted by Crippen LogP contribution is -2.58. The topological polar surface area (TPSA) is 105 Å². The molecule has 1 atom stereocenters. The smallest absolute Gasteiger partial charge is 0.282 e. The van der Waals surface area contributed by atoms with E-state index in [1.54, 1.807) is 0 Å². The third-order valence-electron chi connectivity index (χ3n) is 3.67. The van der Waals surface area contributed by atoms with Crippen molar-refractivity contribution in [1.82, 2.24) is 13.9 Å². The van der Waals surface area contributed by atoms with E-state index >= 15 is 0 Å². The molecule has 1 heterocycles. The van der Waals surface area contributed by atoms with Crippen molar-refractivity contribution in [2.24, 2.45) is 5.73 Å². The van der Waals surface area contributed by atoms with E-state index < -0.39 is 16.3 Å². The molecule has 1 saturated heterocycles. The van der Waals surface area contributed by atoms with Gasteiger partial charge in [0.15, 0.2) is 0 Å². The molecule has 0 radical (unpaired) electrons. The van der Waals surface area contributed by atoms with Crippen LogP contribution in [0.3, 0.4) is 0 Å². The van der Waals surface area contributed by atoms with E-state index in [2.05, 4.69) is 5.32 Å². The molecule has 0 aromatic carbocycles. The minimum absolute atomic E-state index is 0.0997. The van der Waals surface area contributed by atoms with Gasteiger partial charge in [-0.15, -0.1) is 0 Å². The Bertz CT molecular complexity index is 466. The second-order valence-corrected chi connectivity index (χ2v) is 7.44. The molecule has 1 saturated carbocycles. The van der Waals surface area contributed by atoms with Gasteiger partial charge in [0.05, 0.1) is 13.2 Å². The van der Waals surface area contributed by atoms with Gasteiger partial charge in [0, 0.05) is 26.2 Å². The molecule has 2 aliphatic rings. The Balaban J connectivity index is 2.07. The number of amides is 1. The molecular formula is C12H24N4O4S. The summed E-state index contributed by atoms with van der Waals surface area (Å²) in [4.78, 5) is 12.2. The number of hydrogen-bond acceptors (Lipinski definition) is 5. The van der Waals surface area contributed by atoms with Crippen molar-refractivity contribution in [3.8, 4) is 0 Å². The quantitative estimate of drug-likeness (QED) is 0.593. The Hall–Kier alpha value is -0.740. The van der Waals surface area contributed by atoms with Crippen LogP contribution in [-0.2, 0) is 19.7 Å². The Labute approximate surface area is 125 Å². The molecule has 9 heteroatoms. The minimum atomic E-state index is -3.67. The summed E-state index contributed by atoms with van der Waals surface area (Å²) in [5, 5.41) is 2.84. The van der Waals surface area contributed by atoms with Gasteiger partial charge in [0.2, 0.25) is 5.91 Å². The molecule has 8 nitrogen and oxygen atoms in total. The SMILES string of the molecule is CN(CCCN)S(=O)(=O)N1CCOCC1C(=O)NC1CC1. The summed E-state index contributed by atoms with van der Waals surface area (Å²) < 4.78 is 32.9. The number of nitrogens with two attached hydrogens (primary N) is 1. The summed E-state index contributed by atoms with van der Waals surface area (Å²) in [5.41, 5.74) is 5.42. The number of hydrogen-bond donors (Lipinski definition) is 2. The predicted octanol–water partition coefficient (Wildman–Crippen LogP) is -1.51. The number of rotatable bonds is 7. The molecule has 0 bridgehead atoms. The summed E-state index contributed by atoms with van der Waals surface area (Å²) in [6, 6.07) is -0.594. The highest BCUT2D eigenvalue weighted by Gasteiger charge is 2.40. The molecule has 3 N–H and O–H groups in total. The molecule has 1 aliphatic carbocycles. The van der Waals surface area contributed by atoms with Gasteiger partial charge in [-0.1, -0.05) is 0 Å². The van der Waals surface area contributed by atoms with Crippen LogP contribution >= 0.6 is 0 Å². The van der Waals surface area contributed by atoms with Crippen molar-refractivity contribution in [2.75, 3.05) is 39.9 Å². The number of morpholine rings is 1. The fourth-order valence-electron chi connectivity index (χ4n) is 2.20. The van der Waals surface area contributed by atoms with Crippen LogP contribution in [0.1, 0.15) is 19.3 Å². The number of nitrogens with one attached hydrogen (secondary N) is 1. The van der Waals surface area contributed by atoms with Gasteiger partial charge in [-0.05, 0) is 25.8 Å². The normalized spacial score (nSPS) is 24.2. The van der Waals surface area contributed by atoms with Crippen molar-refractivity contribution >= 4 is 16.1 Å². The van der Waals surface area contributed by atoms with Crippen molar-refractivity contribution in [3.05, 3.63) is 0 Å². The molecular weight excluding hydrogens is 296 g/mol. The summed E-state index contributed by atoms with van der Waals surface area (Å²) in [6.45, 7) is 1.36. The number of ether oxygens (including phenoxy) is 1. The fourth-order valence-corrected chi connectivity index (χ4v) is 3.71. The molecule has 1 unspecified atom stereocenters. The zero-order chi connectivity index (χ0) is 15.5. The van der Waals surface area contributed by atoms with Crippen LogP contribution in [0.15, 0.2) is 0 Å². The van der Waals surface area contributed by atoms with Crippen molar-refractivity contribution in [2.45, 2.75) is 31.3 Å². The molecule has 0 aromatic heterocycles. The Morgan fingerprint density at radius 2 is 2.19 bits per heavy atom. The summed E-state index contributed by atoms with van der Waals surface area (Å²) in [5.74, 6) is -0.270. The van der Waals surface area contributed by atoms with Gasteiger partial charge in [-0.3, -0.25) is 4.79 Å². The molecule has 21 heavy (non-hydrogen) atoms. The Morgan fingerprint density at radius 3 is 2.81 bits per heavy atom. The lowest BCUT2D eigenvalue weighted by molar-refractivity contribution is -0.129. The number of nitrogens with zero attached hydrogens (tertiary/aromatic N) is 2. The van der Waals surface area contributed by atoms with Crippen LogP contribution in [0.2, 0.25) is 0 Å². The third-order valence-corrected chi connectivity index (χ3v) is 5.67. The van der Waals surface area contributed by atoms with E-state index in [0.29, 0.717) is 26.1 Å². The Morgan fingerprint density at radius 1 is 1.48 bits per heavy atom. The first-order valence-electron chi connectivity index (χ1n) is 7.28. The van der Waals surface area contributed by atoms with Gasteiger partial charge in [0.25, 0.3) is 10.2 Å². The van der Waals surface area contributed by atoms with Crippen molar-refractivity contribution in [3.63, 3.8) is 0 Å². The predicted molar refractivity (Wildman–Crippen MR) is 77.7 cm³/mol. The molecule has 1 amide bonds. The second-order valence-electron chi connectivity index (χ2n) is 5.46. The van der Waals surface area contributed by atoms with E-state index in [9.17, 15) is 13.2 Å². The molecule has 2 fully saturated rings. The largest absolute Gasteiger partial charge is 0.378 e. The average molecular weight is 320 g/mol. The maximum atomic E-state index is 12.6. The second kappa shape index (κ2) is 7.01. The van der Waals surface area contributed by atoms with Crippen LogP contribution in [0.4, 0.5) is 0 Å². The fraction of sp³-hybridized carbons (Fsp3) is 0.917. The summed E-state index contributed by atoms with van der Waals surface area (Å²) >= 11 is 0. The highest BCUT2D eigenvalue weighted by Crippen LogP contribution is 2.21. The average Bonchev–Trinajstić information content (AvgIpc) is 3.28. The van der Waals surface area contributed by atoms with Crippen molar-refractivity contribution < 1.29 is 17.9 Å². The van der Waals surface area contributed by atoms with E-state index in [1.165, 1.54) is 15.7 Å². The monoisotopic (exact) mass is 320 g/mol. The zero-order valence-corrected chi connectivity index (χ0v) is 13.1. The Kier molecular flexibility index (Phi) is 5.55. The molecule has 1 aliphatic heterocycles. The maximum Gasteiger partial charge on any atom is 0.282 e. The van der Waals surface area contributed by atoms with Crippen LogP contribution in [0.25, 0.3) is 0 Å². The highest BCUT2D eigenvalue weighted by atomic mass is 32.2. The van der Waals surface area contributed by atoms with E-state index in [1.807, 2.05) is 0 Å². The first kappa shape index (κ1) is 16.6. The molecule has 0 spiro atoms.